The summed E-state index contributed by atoms with van der Waals surface area (Å²) in [7, 11) is 0. The molecule has 0 bridgehead atoms. The van der Waals surface area contributed by atoms with Gasteiger partial charge in [-0.3, -0.25) is 4.79 Å². The molecule has 0 heterocycles. The molecule has 0 spiro atoms. The number of nitrogens with one attached hydrogen (secondary N) is 1. The molecule has 0 aliphatic heterocycles. The van der Waals surface area contributed by atoms with Gasteiger partial charge in [0.15, 0.2) is 0 Å². The van der Waals surface area contributed by atoms with Gasteiger partial charge in [-0.05, 0) is 35.9 Å². The molecule has 0 radical (unpaired) electrons. The van der Waals surface area contributed by atoms with Crippen molar-refractivity contribution >= 4 is 40.5 Å². The summed E-state index contributed by atoms with van der Waals surface area (Å²) >= 11 is 11.7. The minimum atomic E-state index is -0.301. The number of hydrogen-bond donors (Lipinski definition) is 3. The van der Waals surface area contributed by atoms with Crippen LogP contribution in [0, 0.1) is 0 Å². The molecule has 0 aromatic heterocycles. The van der Waals surface area contributed by atoms with Crippen molar-refractivity contribution in [1.29, 1.82) is 0 Å². The largest absolute Gasteiger partial charge is 0.398 e. The van der Waals surface area contributed by atoms with Crippen LogP contribution in [-0.4, -0.2) is 5.91 Å². The zero-order valence-corrected chi connectivity index (χ0v) is 12.0. The minimum absolute atomic E-state index is 0.301. The Hall–Kier alpha value is -1.75. The fourth-order valence-electron chi connectivity index (χ4n) is 1.72. The van der Waals surface area contributed by atoms with Crippen LogP contribution in [0.4, 0.5) is 11.4 Å². The van der Waals surface area contributed by atoms with Crippen LogP contribution in [0.1, 0.15) is 15.9 Å². The van der Waals surface area contributed by atoms with Crippen molar-refractivity contribution in [3.05, 3.63) is 57.6 Å². The van der Waals surface area contributed by atoms with Crippen LogP contribution >= 0.6 is 23.2 Å². The molecule has 1 amide bonds. The van der Waals surface area contributed by atoms with Crippen molar-refractivity contribution in [2.75, 3.05) is 11.1 Å². The van der Waals surface area contributed by atoms with Gasteiger partial charge in [-0.1, -0.05) is 29.3 Å². The van der Waals surface area contributed by atoms with Crippen molar-refractivity contribution in [2.45, 2.75) is 6.54 Å². The number of hydrogen-bond acceptors (Lipinski definition) is 3. The van der Waals surface area contributed by atoms with E-state index < -0.39 is 0 Å². The average molecular weight is 310 g/mol. The fourth-order valence-corrected chi connectivity index (χ4v) is 2.01. The van der Waals surface area contributed by atoms with Crippen molar-refractivity contribution in [3.8, 4) is 0 Å². The highest BCUT2D eigenvalue weighted by molar-refractivity contribution is 6.33. The molecule has 0 atom stereocenters. The zero-order valence-electron chi connectivity index (χ0n) is 10.5. The number of nitrogens with two attached hydrogens (primary N) is 2. The third-order valence-corrected chi connectivity index (χ3v) is 3.38. The summed E-state index contributed by atoms with van der Waals surface area (Å²) in [6, 6.07) is 9.84. The van der Waals surface area contributed by atoms with E-state index in [1.807, 2.05) is 0 Å². The van der Waals surface area contributed by atoms with Gasteiger partial charge in [-0.15, -0.1) is 0 Å². The van der Waals surface area contributed by atoms with Crippen LogP contribution in [-0.2, 0) is 6.54 Å². The zero-order chi connectivity index (χ0) is 14.7. The first-order chi connectivity index (χ1) is 9.51. The van der Waals surface area contributed by atoms with Crippen LogP contribution in [0.25, 0.3) is 0 Å². The van der Waals surface area contributed by atoms with Crippen LogP contribution in [0.5, 0.6) is 0 Å². The van der Waals surface area contributed by atoms with Gasteiger partial charge in [0.25, 0.3) is 5.91 Å². The third kappa shape index (κ3) is 3.22. The molecule has 0 saturated heterocycles. The summed E-state index contributed by atoms with van der Waals surface area (Å²) in [5, 5.41) is 3.69. The van der Waals surface area contributed by atoms with Crippen LogP contribution in [0.2, 0.25) is 10.0 Å². The first kappa shape index (κ1) is 14.7. The quantitative estimate of drug-likeness (QED) is 0.761. The monoisotopic (exact) mass is 309 g/mol. The lowest BCUT2D eigenvalue weighted by molar-refractivity contribution is 0.102. The molecule has 0 aliphatic rings. The van der Waals surface area contributed by atoms with Gasteiger partial charge in [0.1, 0.15) is 0 Å². The van der Waals surface area contributed by atoms with Crippen molar-refractivity contribution in [1.82, 2.24) is 0 Å². The van der Waals surface area contributed by atoms with Crippen molar-refractivity contribution < 1.29 is 4.79 Å². The highest BCUT2D eigenvalue weighted by atomic mass is 35.5. The molecule has 0 fully saturated rings. The predicted molar refractivity (Wildman–Crippen MR) is 83.2 cm³/mol. The Kier molecular flexibility index (Phi) is 4.49. The SMILES string of the molecule is NCc1ccc(Cl)cc1NC(=O)c1ccc(Cl)c(N)c1. The van der Waals surface area contributed by atoms with Crippen molar-refractivity contribution in [2.24, 2.45) is 5.73 Å². The second-order valence-electron chi connectivity index (χ2n) is 4.20. The second-order valence-corrected chi connectivity index (χ2v) is 5.04. The molecule has 6 heteroatoms. The number of amides is 1. The summed E-state index contributed by atoms with van der Waals surface area (Å²) in [6.45, 7) is 0.301. The van der Waals surface area contributed by atoms with E-state index in [1.54, 1.807) is 30.3 Å². The number of nitrogen functional groups attached to an aromatic ring is 1. The molecule has 2 aromatic rings. The van der Waals surface area contributed by atoms with E-state index in [-0.39, 0.29) is 5.91 Å². The van der Waals surface area contributed by atoms with Gasteiger partial charge in [0.2, 0.25) is 0 Å². The standard InChI is InChI=1S/C14H13Cl2N3O/c15-10-3-1-9(7-17)13(6-10)19-14(20)8-2-4-11(16)12(18)5-8/h1-6H,7,17-18H2,(H,19,20). The van der Waals surface area contributed by atoms with Gasteiger partial charge in [-0.25, -0.2) is 0 Å². The maximum Gasteiger partial charge on any atom is 0.255 e. The molecule has 0 aliphatic carbocycles. The topological polar surface area (TPSA) is 81.1 Å². The lowest BCUT2D eigenvalue weighted by Crippen LogP contribution is -2.14. The highest BCUT2D eigenvalue weighted by Crippen LogP contribution is 2.23. The van der Waals surface area contributed by atoms with Gasteiger partial charge >= 0.3 is 0 Å². The van der Waals surface area contributed by atoms with E-state index in [2.05, 4.69) is 5.32 Å². The van der Waals surface area contributed by atoms with Crippen molar-refractivity contribution in [3.63, 3.8) is 0 Å². The van der Waals surface area contributed by atoms with Crippen LogP contribution in [0.15, 0.2) is 36.4 Å². The number of carbonyl (C=O) groups excluding carboxylic acids is 1. The second kappa shape index (κ2) is 6.13. The summed E-state index contributed by atoms with van der Waals surface area (Å²) in [6.07, 6.45) is 0. The smallest absolute Gasteiger partial charge is 0.255 e. The average Bonchev–Trinajstić information content (AvgIpc) is 2.42. The Morgan fingerprint density at radius 3 is 2.55 bits per heavy atom. The van der Waals surface area contributed by atoms with Gasteiger partial charge in [0, 0.05) is 22.8 Å². The summed E-state index contributed by atoms with van der Waals surface area (Å²) in [5.41, 5.74) is 13.4. The van der Waals surface area contributed by atoms with E-state index in [4.69, 9.17) is 34.7 Å². The predicted octanol–water partition coefficient (Wildman–Crippen LogP) is 3.29. The first-order valence-electron chi connectivity index (χ1n) is 5.86. The van der Waals surface area contributed by atoms with Crippen LogP contribution in [0.3, 0.4) is 0 Å². The summed E-state index contributed by atoms with van der Waals surface area (Å²) in [5.74, 6) is -0.301. The van der Waals surface area contributed by atoms with Crippen LogP contribution < -0.4 is 16.8 Å². The van der Waals surface area contributed by atoms with E-state index in [1.165, 1.54) is 6.07 Å². The lowest BCUT2D eigenvalue weighted by Gasteiger charge is -2.11. The number of anilines is 2. The van der Waals surface area contributed by atoms with E-state index in [9.17, 15) is 4.79 Å². The molecular formula is C14H13Cl2N3O. The Bertz CT molecular complexity index is 659. The number of benzene rings is 2. The molecule has 104 valence electrons. The van der Waals surface area contributed by atoms with E-state index >= 15 is 0 Å². The summed E-state index contributed by atoms with van der Waals surface area (Å²) < 4.78 is 0. The minimum Gasteiger partial charge on any atom is -0.398 e. The molecule has 2 rings (SSSR count). The summed E-state index contributed by atoms with van der Waals surface area (Å²) in [4.78, 5) is 12.2. The maximum atomic E-state index is 12.2. The van der Waals surface area contributed by atoms with Gasteiger partial charge < -0.3 is 16.8 Å². The Balaban J connectivity index is 2.27. The van der Waals surface area contributed by atoms with Gasteiger partial charge in [-0.2, -0.15) is 0 Å². The fraction of sp³-hybridized carbons (Fsp3) is 0.0714. The molecule has 0 unspecified atom stereocenters. The normalized spacial score (nSPS) is 10.3. The Labute approximate surface area is 126 Å². The Morgan fingerprint density at radius 2 is 1.90 bits per heavy atom. The molecule has 0 saturated carbocycles. The molecule has 5 N–H and O–H groups in total. The molecule has 4 nitrogen and oxygen atoms in total. The molecule has 2 aromatic carbocycles. The lowest BCUT2D eigenvalue weighted by atomic mass is 10.1. The third-order valence-electron chi connectivity index (χ3n) is 2.80. The number of carbonyl (C=O) groups is 1. The van der Waals surface area contributed by atoms with E-state index in [0.29, 0.717) is 33.5 Å². The van der Waals surface area contributed by atoms with Gasteiger partial charge in [0.05, 0.1) is 10.7 Å². The maximum absolute atomic E-state index is 12.2. The molecular weight excluding hydrogens is 297 g/mol. The Morgan fingerprint density at radius 1 is 1.15 bits per heavy atom. The first-order valence-corrected chi connectivity index (χ1v) is 6.61. The molecule has 20 heavy (non-hydrogen) atoms. The van der Waals surface area contributed by atoms with E-state index in [0.717, 1.165) is 5.56 Å². The number of rotatable bonds is 3. The number of halogens is 2. The highest BCUT2D eigenvalue weighted by Gasteiger charge is 2.10.